The number of ether oxygens (including phenoxy) is 1. The molecule has 14 heavy (non-hydrogen) atoms. The molecule has 0 saturated carbocycles. The number of nitrogens with one attached hydrogen (secondary N) is 1. The molecule has 1 saturated heterocycles. The SMILES string of the molecule is CNCCC1CCCCN1CCOC. The van der Waals surface area contributed by atoms with Crippen molar-refractivity contribution in [2.45, 2.75) is 31.7 Å². The van der Waals surface area contributed by atoms with Gasteiger partial charge >= 0.3 is 0 Å². The number of nitrogens with zero attached hydrogens (tertiary/aromatic N) is 1. The van der Waals surface area contributed by atoms with Gasteiger partial charge in [0.1, 0.15) is 0 Å². The minimum absolute atomic E-state index is 0.784. The van der Waals surface area contributed by atoms with Crippen LogP contribution in [0.2, 0.25) is 0 Å². The zero-order chi connectivity index (χ0) is 10.2. The molecular weight excluding hydrogens is 176 g/mol. The first kappa shape index (κ1) is 12.0. The summed E-state index contributed by atoms with van der Waals surface area (Å²) in [5.74, 6) is 0. The molecule has 0 aromatic rings. The summed E-state index contributed by atoms with van der Waals surface area (Å²) in [6.07, 6.45) is 5.41. The second-order valence-electron chi connectivity index (χ2n) is 4.07. The maximum Gasteiger partial charge on any atom is 0.0589 e. The standard InChI is InChI=1S/C11H24N2O/c1-12-7-6-11-5-3-4-8-13(11)9-10-14-2/h11-12H,3-10H2,1-2H3. The number of hydrogen-bond donors (Lipinski definition) is 1. The van der Waals surface area contributed by atoms with Crippen molar-refractivity contribution in [2.24, 2.45) is 0 Å². The molecule has 1 unspecified atom stereocenters. The third-order valence-electron chi connectivity index (χ3n) is 3.06. The third-order valence-corrected chi connectivity index (χ3v) is 3.06. The van der Waals surface area contributed by atoms with Gasteiger partial charge in [0.05, 0.1) is 6.61 Å². The molecule has 0 amide bonds. The van der Waals surface area contributed by atoms with Crippen molar-refractivity contribution < 1.29 is 4.74 Å². The van der Waals surface area contributed by atoms with Crippen LogP contribution < -0.4 is 5.32 Å². The van der Waals surface area contributed by atoms with E-state index in [-0.39, 0.29) is 0 Å². The van der Waals surface area contributed by atoms with Crippen molar-refractivity contribution in [1.29, 1.82) is 0 Å². The predicted octanol–water partition coefficient (Wildman–Crippen LogP) is 1.10. The Labute approximate surface area is 87.8 Å². The Balaban J connectivity index is 2.26. The molecule has 1 aliphatic rings. The number of methoxy groups -OCH3 is 1. The van der Waals surface area contributed by atoms with Gasteiger partial charge < -0.3 is 10.1 Å². The molecule has 1 N–H and O–H groups in total. The summed E-state index contributed by atoms with van der Waals surface area (Å²) in [6, 6.07) is 0.784. The van der Waals surface area contributed by atoms with Gasteiger partial charge in [0.25, 0.3) is 0 Å². The van der Waals surface area contributed by atoms with Gasteiger partial charge in [-0.05, 0) is 39.4 Å². The zero-order valence-electron chi connectivity index (χ0n) is 9.59. The number of hydrogen-bond acceptors (Lipinski definition) is 3. The van der Waals surface area contributed by atoms with Crippen LogP contribution in [0.4, 0.5) is 0 Å². The highest BCUT2D eigenvalue weighted by Gasteiger charge is 2.20. The van der Waals surface area contributed by atoms with Gasteiger partial charge in [0.15, 0.2) is 0 Å². The van der Waals surface area contributed by atoms with Crippen LogP contribution in [0, 0.1) is 0 Å². The van der Waals surface area contributed by atoms with Gasteiger partial charge in [-0.3, -0.25) is 4.90 Å². The number of piperidine rings is 1. The highest BCUT2D eigenvalue weighted by atomic mass is 16.5. The van der Waals surface area contributed by atoms with Gasteiger partial charge in [-0.2, -0.15) is 0 Å². The maximum absolute atomic E-state index is 5.14. The zero-order valence-corrected chi connectivity index (χ0v) is 9.59. The first-order valence-electron chi connectivity index (χ1n) is 5.76. The second kappa shape index (κ2) is 7.21. The van der Waals surface area contributed by atoms with Gasteiger partial charge in [0, 0.05) is 19.7 Å². The lowest BCUT2D eigenvalue weighted by atomic mass is 9.99. The number of rotatable bonds is 6. The van der Waals surface area contributed by atoms with E-state index < -0.39 is 0 Å². The highest BCUT2D eigenvalue weighted by Crippen LogP contribution is 2.18. The molecule has 1 fully saturated rings. The molecule has 0 aromatic carbocycles. The molecule has 0 bridgehead atoms. The van der Waals surface area contributed by atoms with Crippen LogP contribution in [0.1, 0.15) is 25.7 Å². The monoisotopic (exact) mass is 200 g/mol. The Morgan fingerprint density at radius 1 is 1.43 bits per heavy atom. The summed E-state index contributed by atoms with van der Waals surface area (Å²) >= 11 is 0. The van der Waals surface area contributed by atoms with E-state index in [1.165, 1.54) is 32.2 Å². The fourth-order valence-electron chi connectivity index (χ4n) is 2.20. The van der Waals surface area contributed by atoms with E-state index >= 15 is 0 Å². The normalized spacial score (nSPS) is 24.0. The molecule has 3 heteroatoms. The van der Waals surface area contributed by atoms with E-state index in [1.54, 1.807) is 7.11 Å². The van der Waals surface area contributed by atoms with Crippen molar-refractivity contribution >= 4 is 0 Å². The largest absolute Gasteiger partial charge is 0.383 e. The lowest BCUT2D eigenvalue weighted by molar-refractivity contribution is 0.0923. The van der Waals surface area contributed by atoms with E-state index in [1.807, 2.05) is 7.05 Å². The smallest absolute Gasteiger partial charge is 0.0589 e. The summed E-state index contributed by atoms with van der Waals surface area (Å²) in [4.78, 5) is 2.59. The van der Waals surface area contributed by atoms with Gasteiger partial charge in [-0.25, -0.2) is 0 Å². The summed E-state index contributed by atoms with van der Waals surface area (Å²) in [5.41, 5.74) is 0. The molecule has 1 atom stereocenters. The van der Waals surface area contributed by atoms with Crippen molar-refractivity contribution in [3.63, 3.8) is 0 Å². The minimum Gasteiger partial charge on any atom is -0.383 e. The van der Waals surface area contributed by atoms with Crippen LogP contribution in [0.3, 0.4) is 0 Å². The summed E-state index contributed by atoms with van der Waals surface area (Å²) in [5, 5.41) is 3.23. The van der Waals surface area contributed by atoms with E-state index in [9.17, 15) is 0 Å². The van der Waals surface area contributed by atoms with E-state index in [0.29, 0.717) is 0 Å². The van der Waals surface area contributed by atoms with Crippen molar-refractivity contribution in [3.8, 4) is 0 Å². The van der Waals surface area contributed by atoms with Crippen LogP contribution in [0.25, 0.3) is 0 Å². The fourth-order valence-corrected chi connectivity index (χ4v) is 2.20. The molecule has 1 heterocycles. The topological polar surface area (TPSA) is 24.5 Å². The van der Waals surface area contributed by atoms with Crippen molar-refractivity contribution in [3.05, 3.63) is 0 Å². The Morgan fingerprint density at radius 3 is 3.00 bits per heavy atom. The van der Waals surface area contributed by atoms with Crippen LogP contribution in [0.15, 0.2) is 0 Å². The average molecular weight is 200 g/mol. The minimum atomic E-state index is 0.784. The molecule has 1 rings (SSSR count). The van der Waals surface area contributed by atoms with Gasteiger partial charge in [-0.15, -0.1) is 0 Å². The highest BCUT2D eigenvalue weighted by molar-refractivity contribution is 4.77. The van der Waals surface area contributed by atoms with Crippen molar-refractivity contribution in [1.82, 2.24) is 10.2 Å². The maximum atomic E-state index is 5.14. The molecular formula is C11H24N2O. The molecule has 0 aliphatic carbocycles. The Bertz CT molecular complexity index is 125. The quantitative estimate of drug-likeness (QED) is 0.695. The predicted molar refractivity (Wildman–Crippen MR) is 59.6 cm³/mol. The Kier molecular flexibility index (Phi) is 6.15. The van der Waals surface area contributed by atoms with Crippen LogP contribution in [0.5, 0.6) is 0 Å². The van der Waals surface area contributed by atoms with E-state index in [2.05, 4.69) is 10.2 Å². The Morgan fingerprint density at radius 2 is 2.29 bits per heavy atom. The van der Waals surface area contributed by atoms with Crippen LogP contribution in [-0.2, 0) is 4.74 Å². The van der Waals surface area contributed by atoms with Crippen molar-refractivity contribution in [2.75, 3.05) is 40.4 Å². The van der Waals surface area contributed by atoms with E-state index in [0.717, 1.165) is 25.7 Å². The first-order chi connectivity index (χ1) is 6.88. The average Bonchev–Trinajstić information content (AvgIpc) is 2.24. The molecule has 3 nitrogen and oxygen atoms in total. The molecule has 1 aliphatic heterocycles. The molecule has 0 radical (unpaired) electrons. The van der Waals surface area contributed by atoms with Crippen LogP contribution >= 0.6 is 0 Å². The lowest BCUT2D eigenvalue weighted by Gasteiger charge is -2.35. The summed E-state index contributed by atoms with van der Waals surface area (Å²) in [6.45, 7) is 4.37. The summed E-state index contributed by atoms with van der Waals surface area (Å²) < 4.78 is 5.14. The third kappa shape index (κ3) is 3.95. The molecule has 84 valence electrons. The molecule has 0 spiro atoms. The first-order valence-corrected chi connectivity index (χ1v) is 5.76. The van der Waals surface area contributed by atoms with E-state index in [4.69, 9.17) is 4.74 Å². The van der Waals surface area contributed by atoms with Gasteiger partial charge in [0.2, 0.25) is 0 Å². The number of likely N-dealkylation sites (tertiary alicyclic amines) is 1. The second-order valence-corrected chi connectivity index (χ2v) is 4.07. The Hall–Kier alpha value is -0.120. The summed E-state index contributed by atoms with van der Waals surface area (Å²) in [7, 11) is 3.81. The molecule has 0 aromatic heterocycles. The lowest BCUT2D eigenvalue weighted by Crippen LogP contribution is -2.42. The van der Waals surface area contributed by atoms with Gasteiger partial charge in [-0.1, -0.05) is 6.42 Å². The van der Waals surface area contributed by atoms with Crippen LogP contribution in [-0.4, -0.2) is 51.3 Å². The fraction of sp³-hybridized carbons (Fsp3) is 1.00.